The van der Waals surface area contributed by atoms with E-state index in [0.717, 1.165) is 46.1 Å². The summed E-state index contributed by atoms with van der Waals surface area (Å²) in [6.45, 7) is 0. The van der Waals surface area contributed by atoms with Gasteiger partial charge in [-0.1, -0.05) is 133 Å². The Labute approximate surface area is 274 Å². The standard InChI is InChI=1S/C43H33N3O/c1-4-11-28(12-5-1)37-27-38(29-13-6-2-7-14-29)45-42(44-37)35-18-10-17-32(26-35)33-21-23-36-34(25-33)20-19-30-22-24-39-41(40(30)36)46-43(47-39)31-15-8-3-9-16-31/h1-15,17-27,31,37,43,46H,16H2,(H,44,45). The Bertz CT molecular complexity index is 2270. The van der Waals surface area contributed by atoms with E-state index < -0.39 is 0 Å². The third kappa shape index (κ3) is 5.08. The predicted octanol–water partition coefficient (Wildman–Crippen LogP) is 10.1. The maximum absolute atomic E-state index is 6.42. The van der Waals surface area contributed by atoms with Crippen LogP contribution in [0.25, 0.3) is 38.4 Å². The molecule has 6 aromatic carbocycles. The summed E-state index contributed by atoms with van der Waals surface area (Å²) < 4.78 is 6.42. The van der Waals surface area contributed by atoms with Crippen LogP contribution in [0.15, 0.2) is 163 Å². The number of rotatable bonds is 5. The van der Waals surface area contributed by atoms with E-state index in [9.17, 15) is 0 Å². The highest BCUT2D eigenvalue weighted by molar-refractivity contribution is 6.16. The largest absolute Gasteiger partial charge is 0.468 e. The van der Waals surface area contributed by atoms with Crippen molar-refractivity contribution in [2.45, 2.75) is 18.7 Å². The van der Waals surface area contributed by atoms with Crippen LogP contribution >= 0.6 is 0 Å². The first-order valence-electron chi connectivity index (χ1n) is 16.3. The van der Waals surface area contributed by atoms with Gasteiger partial charge < -0.3 is 15.4 Å². The first kappa shape index (κ1) is 27.4. The molecule has 3 unspecified atom stereocenters. The van der Waals surface area contributed by atoms with E-state index in [2.05, 4.69) is 156 Å². The molecule has 0 spiro atoms. The quantitative estimate of drug-likeness (QED) is 0.192. The molecule has 9 rings (SSSR count). The van der Waals surface area contributed by atoms with Crippen LogP contribution in [0, 0.1) is 5.92 Å². The topological polar surface area (TPSA) is 45.7 Å². The van der Waals surface area contributed by atoms with Gasteiger partial charge in [0.25, 0.3) is 0 Å². The van der Waals surface area contributed by atoms with Gasteiger partial charge in [0.05, 0.1) is 11.7 Å². The summed E-state index contributed by atoms with van der Waals surface area (Å²) in [6.07, 6.45) is 11.8. The number of hydrogen-bond acceptors (Lipinski definition) is 4. The monoisotopic (exact) mass is 607 g/mol. The Kier molecular flexibility index (Phi) is 6.71. The van der Waals surface area contributed by atoms with Gasteiger partial charge in [-0.05, 0) is 69.1 Å². The van der Waals surface area contributed by atoms with Crippen molar-refractivity contribution in [3.8, 4) is 16.9 Å². The maximum Gasteiger partial charge on any atom is 0.176 e. The van der Waals surface area contributed by atoms with Crippen molar-refractivity contribution in [3.05, 3.63) is 174 Å². The molecular weight excluding hydrogens is 574 g/mol. The van der Waals surface area contributed by atoms with Gasteiger partial charge in [-0.2, -0.15) is 0 Å². The molecule has 0 saturated carbocycles. The second-order valence-electron chi connectivity index (χ2n) is 12.4. The molecule has 0 aromatic heterocycles. The van der Waals surface area contributed by atoms with E-state index in [1.807, 2.05) is 12.1 Å². The lowest BCUT2D eigenvalue weighted by molar-refractivity contribution is 0.204. The lowest BCUT2D eigenvalue weighted by Gasteiger charge is -2.23. The normalized spacial score (nSPS) is 19.8. The van der Waals surface area contributed by atoms with E-state index in [4.69, 9.17) is 9.73 Å². The zero-order valence-corrected chi connectivity index (χ0v) is 25.8. The predicted molar refractivity (Wildman–Crippen MR) is 195 cm³/mol. The van der Waals surface area contributed by atoms with Crippen LogP contribution in [0.1, 0.15) is 29.2 Å². The van der Waals surface area contributed by atoms with Crippen molar-refractivity contribution in [2.24, 2.45) is 10.9 Å². The molecule has 0 saturated heterocycles. The fraction of sp³-hybridized carbons (Fsp3) is 0.0930. The number of fused-ring (bicyclic) bond motifs is 5. The van der Waals surface area contributed by atoms with Crippen molar-refractivity contribution in [1.29, 1.82) is 0 Å². The summed E-state index contributed by atoms with van der Waals surface area (Å²) in [6, 6.07) is 45.1. The van der Waals surface area contributed by atoms with Crippen LogP contribution in [0.4, 0.5) is 5.69 Å². The average molecular weight is 608 g/mol. The van der Waals surface area contributed by atoms with E-state index >= 15 is 0 Å². The molecule has 3 atom stereocenters. The minimum absolute atomic E-state index is 0.0656. The zero-order valence-electron chi connectivity index (χ0n) is 25.8. The smallest absolute Gasteiger partial charge is 0.176 e. The number of allylic oxidation sites excluding steroid dienone is 3. The molecule has 2 N–H and O–H groups in total. The first-order valence-corrected chi connectivity index (χ1v) is 16.3. The minimum atomic E-state index is -0.0789. The number of benzene rings is 6. The van der Waals surface area contributed by atoms with Gasteiger partial charge in [0, 0.05) is 22.6 Å². The summed E-state index contributed by atoms with van der Waals surface area (Å²) >= 11 is 0. The van der Waals surface area contributed by atoms with Gasteiger partial charge in [0.15, 0.2) is 6.23 Å². The Morgan fingerprint density at radius 2 is 1.43 bits per heavy atom. The molecule has 4 heteroatoms. The van der Waals surface area contributed by atoms with Crippen molar-refractivity contribution in [1.82, 2.24) is 5.32 Å². The molecule has 4 nitrogen and oxygen atoms in total. The number of nitrogens with one attached hydrogen (secondary N) is 2. The van der Waals surface area contributed by atoms with Gasteiger partial charge >= 0.3 is 0 Å². The third-order valence-electron chi connectivity index (χ3n) is 9.45. The van der Waals surface area contributed by atoms with Crippen molar-refractivity contribution < 1.29 is 4.74 Å². The van der Waals surface area contributed by atoms with Crippen molar-refractivity contribution >= 4 is 38.8 Å². The number of anilines is 1. The fourth-order valence-electron chi connectivity index (χ4n) is 7.02. The molecule has 47 heavy (non-hydrogen) atoms. The summed E-state index contributed by atoms with van der Waals surface area (Å²) in [5.41, 5.74) is 7.84. The van der Waals surface area contributed by atoms with Crippen LogP contribution in [-0.4, -0.2) is 12.1 Å². The van der Waals surface area contributed by atoms with Gasteiger partial charge in [-0.25, -0.2) is 0 Å². The van der Waals surface area contributed by atoms with Crippen LogP contribution in [0.2, 0.25) is 0 Å². The maximum atomic E-state index is 6.42. The molecule has 0 fully saturated rings. The Balaban J connectivity index is 1.07. The summed E-state index contributed by atoms with van der Waals surface area (Å²) in [5.74, 6) is 2.10. The summed E-state index contributed by atoms with van der Waals surface area (Å²) in [7, 11) is 0. The molecule has 3 aliphatic rings. The highest BCUT2D eigenvalue weighted by atomic mass is 16.5. The molecule has 0 amide bonds. The lowest BCUT2D eigenvalue weighted by atomic mass is 9.95. The summed E-state index contributed by atoms with van der Waals surface area (Å²) in [4.78, 5) is 5.19. The molecule has 2 heterocycles. The number of ether oxygens (including phenoxy) is 1. The fourth-order valence-corrected chi connectivity index (χ4v) is 7.02. The number of hydrogen-bond donors (Lipinski definition) is 2. The van der Waals surface area contributed by atoms with Crippen LogP contribution in [-0.2, 0) is 0 Å². The van der Waals surface area contributed by atoms with Gasteiger partial charge in [-0.15, -0.1) is 0 Å². The van der Waals surface area contributed by atoms with Crippen LogP contribution in [0.5, 0.6) is 5.75 Å². The van der Waals surface area contributed by atoms with Crippen LogP contribution < -0.4 is 15.4 Å². The highest BCUT2D eigenvalue weighted by Crippen LogP contribution is 2.44. The molecule has 2 aliphatic heterocycles. The molecule has 0 bridgehead atoms. The lowest BCUT2D eigenvalue weighted by Crippen LogP contribution is -2.29. The second-order valence-corrected chi connectivity index (χ2v) is 12.4. The van der Waals surface area contributed by atoms with E-state index in [1.54, 1.807) is 0 Å². The van der Waals surface area contributed by atoms with Crippen LogP contribution in [0.3, 0.4) is 0 Å². The number of amidine groups is 1. The summed E-state index contributed by atoms with van der Waals surface area (Å²) in [5, 5.41) is 12.2. The number of nitrogens with zero attached hydrogens (tertiary/aromatic N) is 1. The molecule has 226 valence electrons. The molecule has 6 aromatic rings. The molecule has 1 aliphatic carbocycles. The molecule has 0 radical (unpaired) electrons. The number of aliphatic imine (C=N–C) groups is 1. The Hall–Kier alpha value is -5.87. The third-order valence-corrected chi connectivity index (χ3v) is 9.45. The SMILES string of the molecule is C1=CCC(C2Nc3c(ccc4ccc5cc(-c6cccc(C7=NC(c8ccccc8)C=C(c8ccccc8)N7)c6)ccc5c34)O2)C=C1. The van der Waals surface area contributed by atoms with Gasteiger partial charge in [0.1, 0.15) is 11.6 Å². The van der Waals surface area contributed by atoms with Gasteiger partial charge in [-0.3, -0.25) is 4.99 Å². The van der Waals surface area contributed by atoms with Gasteiger partial charge in [0.2, 0.25) is 0 Å². The Morgan fingerprint density at radius 3 is 2.28 bits per heavy atom. The first-order chi connectivity index (χ1) is 23.3. The van der Waals surface area contributed by atoms with E-state index in [0.29, 0.717) is 5.92 Å². The second kappa shape index (κ2) is 11.5. The van der Waals surface area contributed by atoms with Crippen molar-refractivity contribution in [3.63, 3.8) is 0 Å². The minimum Gasteiger partial charge on any atom is -0.468 e. The molecular formula is C43H33N3O. The Morgan fingerprint density at radius 1 is 0.660 bits per heavy atom. The van der Waals surface area contributed by atoms with E-state index in [-0.39, 0.29) is 12.3 Å². The highest BCUT2D eigenvalue weighted by Gasteiger charge is 2.30. The van der Waals surface area contributed by atoms with Crippen molar-refractivity contribution in [2.75, 3.05) is 5.32 Å². The zero-order chi connectivity index (χ0) is 31.2. The average Bonchev–Trinajstić information content (AvgIpc) is 3.60. The van der Waals surface area contributed by atoms with E-state index in [1.165, 1.54) is 32.7 Å².